The summed E-state index contributed by atoms with van der Waals surface area (Å²) in [6.07, 6.45) is 12.2. The van der Waals surface area contributed by atoms with Crippen molar-refractivity contribution in [3.63, 3.8) is 0 Å². The molecule has 7 rings (SSSR count). The maximum atomic E-state index is 5.19. The first kappa shape index (κ1) is 25.1. The lowest BCUT2D eigenvalue weighted by Gasteiger charge is -2.14. The van der Waals surface area contributed by atoms with Gasteiger partial charge in [0, 0.05) is 58.8 Å². The summed E-state index contributed by atoms with van der Waals surface area (Å²) in [4.78, 5) is 26.8. The van der Waals surface area contributed by atoms with E-state index in [0.717, 1.165) is 61.3 Å². The SMILES string of the molecule is c1ccc(-c2cccc(-c3nc(-c4cccc(-c5cncnc5)c4)ncc3-c3cccc(-c4cncnc4)c3)c2)cc1. The average molecular weight is 541 g/mol. The van der Waals surface area contributed by atoms with E-state index in [1.54, 1.807) is 12.4 Å². The van der Waals surface area contributed by atoms with Crippen molar-refractivity contribution < 1.29 is 0 Å². The van der Waals surface area contributed by atoms with Crippen LogP contribution >= 0.6 is 0 Å². The Bertz CT molecular complexity index is 1980. The van der Waals surface area contributed by atoms with E-state index >= 15 is 0 Å². The molecule has 42 heavy (non-hydrogen) atoms. The Labute approximate surface area is 243 Å². The Morgan fingerprint density at radius 3 is 1.48 bits per heavy atom. The number of hydrogen-bond acceptors (Lipinski definition) is 6. The second-order valence-electron chi connectivity index (χ2n) is 9.82. The Kier molecular flexibility index (Phi) is 6.76. The third-order valence-electron chi connectivity index (χ3n) is 7.11. The first-order chi connectivity index (χ1) is 20.8. The van der Waals surface area contributed by atoms with Gasteiger partial charge < -0.3 is 0 Å². The second-order valence-corrected chi connectivity index (χ2v) is 9.82. The molecule has 0 spiro atoms. The molecule has 0 N–H and O–H groups in total. The van der Waals surface area contributed by atoms with E-state index in [9.17, 15) is 0 Å². The highest BCUT2D eigenvalue weighted by molar-refractivity contribution is 5.85. The van der Waals surface area contributed by atoms with Crippen LogP contribution in [0.25, 0.3) is 67.2 Å². The first-order valence-electron chi connectivity index (χ1n) is 13.6. The van der Waals surface area contributed by atoms with E-state index in [1.807, 2.05) is 48.9 Å². The van der Waals surface area contributed by atoms with Gasteiger partial charge in [0.05, 0.1) is 5.69 Å². The predicted molar refractivity (Wildman–Crippen MR) is 166 cm³/mol. The molecule has 0 fully saturated rings. The van der Waals surface area contributed by atoms with Crippen molar-refractivity contribution in [1.82, 2.24) is 29.9 Å². The summed E-state index contributed by atoms with van der Waals surface area (Å²) in [7, 11) is 0. The van der Waals surface area contributed by atoms with Crippen molar-refractivity contribution in [3.05, 3.63) is 147 Å². The van der Waals surface area contributed by atoms with Crippen LogP contribution in [0.5, 0.6) is 0 Å². The summed E-state index contributed by atoms with van der Waals surface area (Å²) in [6, 6.07) is 35.4. The summed E-state index contributed by atoms with van der Waals surface area (Å²) in [5, 5.41) is 0. The number of rotatable bonds is 6. The normalized spacial score (nSPS) is 10.9. The van der Waals surface area contributed by atoms with Crippen LogP contribution < -0.4 is 0 Å². The van der Waals surface area contributed by atoms with Crippen molar-refractivity contribution in [1.29, 1.82) is 0 Å². The van der Waals surface area contributed by atoms with Gasteiger partial charge in [0.15, 0.2) is 5.82 Å². The molecule has 0 radical (unpaired) electrons. The molecular weight excluding hydrogens is 516 g/mol. The average Bonchev–Trinajstić information content (AvgIpc) is 3.09. The number of benzene rings is 4. The predicted octanol–water partition coefficient (Wildman–Crippen LogP) is 8.06. The largest absolute Gasteiger partial charge is 0.244 e. The molecule has 0 aliphatic carbocycles. The topological polar surface area (TPSA) is 77.3 Å². The van der Waals surface area contributed by atoms with Crippen LogP contribution in [0.1, 0.15) is 0 Å². The molecule has 7 aromatic rings. The van der Waals surface area contributed by atoms with Crippen LogP contribution in [-0.4, -0.2) is 29.9 Å². The van der Waals surface area contributed by atoms with Crippen LogP contribution in [0, 0.1) is 0 Å². The molecule has 0 aliphatic heterocycles. The van der Waals surface area contributed by atoms with E-state index in [0.29, 0.717) is 5.82 Å². The second kappa shape index (κ2) is 11.3. The summed E-state index contributed by atoms with van der Waals surface area (Å²) in [5.41, 5.74) is 10.9. The van der Waals surface area contributed by atoms with Crippen LogP contribution in [-0.2, 0) is 0 Å². The third-order valence-corrected chi connectivity index (χ3v) is 7.11. The van der Waals surface area contributed by atoms with Crippen LogP contribution in [0.4, 0.5) is 0 Å². The van der Waals surface area contributed by atoms with E-state index in [2.05, 4.69) is 92.7 Å². The molecule has 3 heterocycles. The number of hydrogen-bond donors (Lipinski definition) is 0. The fraction of sp³-hybridized carbons (Fsp3) is 0. The van der Waals surface area contributed by atoms with Crippen molar-refractivity contribution >= 4 is 0 Å². The zero-order chi connectivity index (χ0) is 28.1. The molecular formula is C36H24N6. The third kappa shape index (κ3) is 5.17. The van der Waals surface area contributed by atoms with Gasteiger partial charge in [-0.05, 0) is 46.0 Å². The molecule has 0 saturated heterocycles. The Hall–Kier alpha value is -5.88. The lowest BCUT2D eigenvalue weighted by atomic mass is 9.95. The van der Waals surface area contributed by atoms with Gasteiger partial charge in [-0.25, -0.2) is 29.9 Å². The van der Waals surface area contributed by atoms with Gasteiger partial charge in [-0.1, -0.05) is 84.9 Å². The minimum atomic E-state index is 0.644. The van der Waals surface area contributed by atoms with Crippen molar-refractivity contribution in [2.24, 2.45) is 0 Å². The molecule has 4 aromatic carbocycles. The Morgan fingerprint density at radius 2 is 0.833 bits per heavy atom. The molecule has 0 unspecified atom stereocenters. The minimum Gasteiger partial charge on any atom is -0.244 e. The highest BCUT2D eigenvalue weighted by Crippen LogP contribution is 2.36. The van der Waals surface area contributed by atoms with Gasteiger partial charge in [0.1, 0.15) is 12.7 Å². The van der Waals surface area contributed by atoms with Gasteiger partial charge in [-0.3, -0.25) is 0 Å². The van der Waals surface area contributed by atoms with Crippen LogP contribution in [0.15, 0.2) is 147 Å². The molecule has 0 atom stereocenters. The van der Waals surface area contributed by atoms with Gasteiger partial charge in [-0.2, -0.15) is 0 Å². The zero-order valence-electron chi connectivity index (χ0n) is 22.5. The molecule has 6 nitrogen and oxygen atoms in total. The number of aromatic nitrogens is 6. The van der Waals surface area contributed by atoms with E-state index in [-0.39, 0.29) is 0 Å². The molecule has 198 valence electrons. The van der Waals surface area contributed by atoms with Gasteiger partial charge in [-0.15, -0.1) is 0 Å². The first-order valence-corrected chi connectivity index (χ1v) is 13.6. The standard InChI is InChI=1S/C36H24N6/c1-2-7-25(8-3-1)26-9-5-13-30(16-26)35-34(29-12-4-10-27(15-29)32-18-37-23-38-19-32)22-41-36(42-35)31-14-6-11-28(17-31)33-20-39-24-40-21-33/h1-24H. The lowest BCUT2D eigenvalue weighted by Crippen LogP contribution is -1.97. The van der Waals surface area contributed by atoms with E-state index < -0.39 is 0 Å². The maximum Gasteiger partial charge on any atom is 0.159 e. The van der Waals surface area contributed by atoms with E-state index in [1.165, 1.54) is 12.7 Å². The van der Waals surface area contributed by atoms with Gasteiger partial charge in [0.25, 0.3) is 0 Å². The van der Waals surface area contributed by atoms with Crippen LogP contribution in [0.3, 0.4) is 0 Å². The molecule has 3 aromatic heterocycles. The maximum absolute atomic E-state index is 5.19. The van der Waals surface area contributed by atoms with Crippen molar-refractivity contribution in [2.75, 3.05) is 0 Å². The molecule has 0 aliphatic rings. The quantitative estimate of drug-likeness (QED) is 0.212. The molecule has 0 saturated carbocycles. The zero-order valence-corrected chi connectivity index (χ0v) is 22.5. The van der Waals surface area contributed by atoms with Crippen molar-refractivity contribution in [2.45, 2.75) is 0 Å². The van der Waals surface area contributed by atoms with Crippen LogP contribution in [0.2, 0.25) is 0 Å². The fourth-order valence-electron chi connectivity index (χ4n) is 5.03. The van der Waals surface area contributed by atoms with Crippen molar-refractivity contribution in [3.8, 4) is 67.2 Å². The number of nitrogens with zero attached hydrogens (tertiary/aromatic N) is 6. The lowest BCUT2D eigenvalue weighted by molar-refractivity contribution is 1.17. The minimum absolute atomic E-state index is 0.644. The fourth-order valence-corrected chi connectivity index (χ4v) is 5.03. The highest BCUT2D eigenvalue weighted by atomic mass is 14.9. The van der Waals surface area contributed by atoms with Gasteiger partial charge >= 0.3 is 0 Å². The monoisotopic (exact) mass is 540 g/mol. The summed E-state index contributed by atoms with van der Waals surface area (Å²) in [6.45, 7) is 0. The summed E-state index contributed by atoms with van der Waals surface area (Å²) < 4.78 is 0. The molecule has 6 heteroatoms. The Morgan fingerprint density at radius 1 is 0.357 bits per heavy atom. The van der Waals surface area contributed by atoms with E-state index in [4.69, 9.17) is 9.97 Å². The summed E-state index contributed by atoms with van der Waals surface area (Å²) in [5.74, 6) is 0.644. The summed E-state index contributed by atoms with van der Waals surface area (Å²) >= 11 is 0. The molecule has 0 amide bonds. The highest BCUT2D eigenvalue weighted by Gasteiger charge is 2.15. The smallest absolute Gasteiger partial charge is 0.159 e. The van der Waals surface area contributed by atoms with Gasteiger partial charge in [0.2, 0.25) is 0 Å². The molecule has 0 bridgehead atoms. The Balaban J connectivity index is 1.38.